The number of rotatable bonds is 6. The number of fused-ring (bicyclic) bond motifs is 2. The fourth-order valence-corrected chi connectivity index (χ4v) is 5.04. The van der Waals surface area contributed by atoms with Crippen LogP contribution in [0.3, 0.4) is 0 Å². The van der Waals surface area contributed by atoms with E-state index in [2.05, 4.69) is 48.2 Å². The standard InChI is InChI=1S/C24H32N2O2/c1-25(2)16-18-4-6-19(7-5-18)17-26-21-10-11-22(26)15-24(27,14-21)20-8-12-23(28-3)13-9-20/h4-9,12-13,21-22,27H,10-11,14-17H2,1-3H3. The largest absolute Gasteiger partial charge is 0.497 e. The molecule has 2 saturated heterocycles. The third-order valence-electron chi connectivity index (χ3n) is 6.43. The van der Waals surface area contributed by atoms with Crippen molar-refractivity contribution in [1.82, 2.24) is 9.80 Å². The lowest BCUT2D eigenvalue weighted by Gasteiger charge is -2.44. The van der Waals surface area contributed by atoms with Crippen LogP contribution in [0.2, 0.25) is 0 Å². The van der Waals surface area contributed by atoms with Gasteiger partial charge in [0.05, 0.1) is 12.7 Å². The zero-order valence-corrected chi connectivity index (χ0v) is 17.3. The highest BCUT2D eigenvalue weighted by molar-refractivity contribution is 5.32. The normalized spacial score (nSPS) is 27.3. The number of nitrogens with zero attached hydrogens (tertiary/aromatic N) is 2. The summed E-state index contributed by atoms with van der Waals surface area (Å²) in [5.41, 5.74) is 3.03. The first-order valence-corrected chi connectivity index (χ1v) is 10.3. The zero-order chi connectivity index (χ0) is 19.7. The molecule has 1 N–H and O–H groups in total. The second kappa shape index (κ2) is 7.86. The highest BCUT2D eigenvalue weighted by Gasteiger charge is 2.48. The third kappa shape index (κ3) is 3.95. The van der Waals surface area contributed by atoms with Crippen LogP contribution in [0.15, 0.2) is 48.5 Å². The first kappa shape index (κ1) is 19.4. The molecule has 2 aliphatic rings. The highest BCUT2D eigenvalue weighted by atomic mass is 16.5. The number of benzene rings is 2. The Kier molecular flexibility index (Phi) is 5.46. The smallest absolute Gasteiger partial charge is 0.118 e. The van der Waals surface area contributed by atoms with Crippen molar-refractivity contribution in [3.8, 4) is 5.75 Å². The minimum Gasteiger partial charge on any atom is -0.497 e. The van der Waals surface area contributed by atoms with Gasteiger partial charge in [-0.25, -0.2) is 0 Å². The van der Waals surface area contributed by atoms with E-state index in [4.69, 9.17) is 4.74 Å². The van der Waals surface area contributed by atoms with Crippen LogP contribution in [-0.4, -0.2) is 48.2 Å². The molecule has 2 atom stereocenters. The van der Waals surface area contributed by atoms with Crippen molar-refractivity contribution < 1.29 is 9.84 Å². The van der Waals surface area contributed by atoms with Gasteiger partial charge in [-0.15, -0.1) is 0 Å². The Bertz CT molecular complexity index is 771. The van der Waals surface area contributed by atoms with Crippen LogP contribution in [0, 0.1) is 0 Å². The van der Waals surface area contributed by atoms with Crippen molar-refractivity contribution in [2.24, 2.45) is 0 Å². The number of aliphatic hydroxyl groups is 1. The second-order valence-electron chi connectivity index (χ2n) is 8.78. The average molecular weight is 381 g/mol. The molecule has 0 amide bonds. The fraction of sp³-hybridized carbons (Fsp3) is 0.500. The summed E-state index contributed by atoms with van der Waals surface area (Å²) in [6.45, 7) is 1.96. The minimum atomic E-state index is -0.718. The van der Waals surface area contributed by atoms with Gasteiger partial charge in [0.15, 0.2) is 0 Å². The molecule has 4 rings (SSSR count). The third-order valence-corrected chi connectivity index (χ3v) is 6.43. The molecule has 2 heterocycles. The molecule has 4 heteroatoms. The number of hydrogen-bond acceptors (Lipinski definition) is 4. The Morgan fingerprint density at radius 1 is 0.964 bits per heavy atom. The SMILES string of the molecule is COc1ccc(C2(O)CC3CCC(C2)N3Cc2ccc(CN(C)C)cc2)cc1. The summed E-state index contributed by atoms with van der Waals surface area (Å²) >= 11 is 0. The van der Waals surface area contributed by atoms with E-state index >= 15 is 0 Å². The minimum absolute atomic E-state index is 0.451. The van der Waals surface area contributed by atoms with Gasteiger partial charge < -0.3 is 14.7 Å². The molecule has 2 aromatic carbocycles. The van der Waals surface area contributed by atoms with Crippen LogP contribution in [0.5, 0.6) is 5.75 Å². The molecule has 28 heavy (non-hydrogen) atoms. The molecule has 150 valence electrons. The molecule has 2 aromatic rings. The Morgan fingerprint density at radius 2 is 1.54 bits per heavy atom. The Hall–Kier alpha value is -1.88. The summed E-state index contributed by atoms with van der Waals surface area (Å²) in [4.78, 5) is 4.82. The van der Waals surface area contributed by atoms with E-state index in [0.29, 0.717) is 12.1 Å². The van der Waals surface area contributed by atoms with Crippen LogP contribution in [0.1, 0.15) is 42.4 Å². The predicted molar refractivity (Wildman–Crippen MR) is 112 cm³/mol. The zero-order valence-electron chi connectivity index (χ0n) is 17.3. The Labute approximate surface area is 168 Å². The molecule has 0 radical (unpaired) electrons. The molecule has 2 fully saturated rings. The molecular weight excluding hydrogens is 348 g/mol. The van der Waals surface area contributed by atoms with E-state index in [1.807, 2.05) is 24.3 Å². The van der Waals surface area contributed by atoms with Gasteiger partial charge in [-0.2, -0.15) is 0 Å². The number of piperidine rings is 1. The molecule has 0 saturated carbocycles. The summed E-state index contributed by atoms with van der Waals surface area (Å²) < 4.78 is 5.26. The van der Waals surface area contributed by atoms with Crippen LogP contribution in [0.25, 0.3) is 0 Å². The van der Waals surface area contributed by atoms with Gasteiger partial charge in [0, 0.05) is 25.2 Å². The topological polar surface area (TPSA) is 35.9 Å². The number of hydrogen-bond donors (Lipinski definition) is 1. The Balaban J connectivity index is 1.45. The number of ether oxygens (including phenoxy) is 1. The van der Waals surface area contributed by atoms with Gasteiger partial charge in [0.25, 0.3) is 0 Å². The highest BCUT2D eigenvalue weighted by Crippen LogP contribution is 2.46. The molecule has 2 unspecified atom stereocenters. The summed E-state index contributed by atoms with van der Waals surface area (Å²) in [7, 11) is 5.88. The molecular formula is C24H32N2O2. The van der Waals surface area contributed by atoms with Crippen molar-refractivity contribution in [2.75, 3.05) is 21.2 Å². The number of methoxy groups -OCH3 is 1. The Morgan fingerprint density at radius 3 is 2.07 bits per heavy atom. The van der Waals surface area contributed by atoms with E-state index in [1.165, 1.54) is 24.0 Å². The molecule has 2 aliphatic heterocycles. The monoisotopic (exact) mass is 380 g/mol. The first-order valence-electron chi connectivity index (χ1n) is 10.3. The molecule has 4 nitrogen and oxygen atoms in total. The first-order chi connectivity index (χ1) is 13.5. The second-order valence-corrected chi connectivity index (χ2v) is 8.78. The van der Waals surface area contributed by atoms with Gasteiger partial charge in [0.2, 0.25) is 0 Å². The predicted octanol–water partition coefficient (Wildman–Crippen LogP) is 3.77. The average Bonchev–Trinajstić information content (AvgIpc) is 2.93. The van der Waals surface area contributed by atoms with Crippen LogP contribution < -0.4 is 4.74 Å². The van der Waals surface area contributed by atoms with E-state index in [1.54, 1.807) is 7.11 Å². The maximum Gasteiger partial charge on any atom is 0.118 e. The van der Waals surface area contributed by atoms with Gasteiger partial charge in [-0.05, 0) is 68.6 Å². The van der Waals surface area contributed by atoms with Crippen molar-refractivity contribution in [3.63, 3.8) is 0 Å². The lowest BCUT2D eigenvalue weighted by molar-refractivity contribution is -0.0595. The van der Waals surface area contributed by atoms with Crippen molar-refractivity contribution >= 4 is 0 Å². The summed E-state index contributed by atoms with van der Waals surface area (Å²) in [5, 5.41) is 11.4. The van der Waals surface area contributed by atoms with Crippen molar-refractivity contribution in [1.29, 1.82) is 0 Å². The fourth-order valence-electron chi connectivity index (χ4n) is 5.04. The summed E-state index contributed by atoms with van der Waals surface area (Å²) in [6.07, 6.45) is 3.99. The van der Waals surface area contributed by atoms with Crippen LogP contribution in [0.4, 0.5) is 0 Å². The van der Waals surface area contributed by atoms with Gasteiger partial charge >= 0.3 is 0 Å². The van der Waals surface area contributed by atoms with Crippen LogP contribution in [-0.2, 0) is 18.7 Å². The maximum absolute atomic E-state index is 11.4. The lowest BCUT2D eigenvalue weighted by atomic mass is 9.80. The summed E-state index contributed by atoms with van der Waals surface area (Å²) in [5.74, 6) is 0.838. The van der Waals surface area contributed by atoms with Gasteiger partial charge in [-0.3, -0.25) is 4.90 Å². The van der Waals surface area contributed by atoms with Crippen molar-refractivity contribution in [2.45, 2.75) is 56.5 Å². The molecule has 0 aliphatic carbocycles. The van der Waals surface area contributed by atoms with Gasteiger partial charge in [0.1, 0.15) is 5.75 Å². The molecule has 0 aromatic heterocycles. The van der Waals surface area contributed by atoms with Crippen LogP contribution >= 0.6 is 0 Å². The molecule has 0 spiro atoms. The quantitative estimate of drug-likeness (QED) is 0.828. The summed E-state index contributed by atoms with van der Waals surface area (Å²) in [6, 6.07) is 17.9. The van der Waals surface area contributed by atoms with E-state index in [9.17, 15) is 5.11 Å². The van der Waals surface area contributed by atoms with E-state index < -0.39 is 5.60 Å². The molecule has 2 bridgehead atoms. The lowest BCUT2D eigenvalue weighted by Crippen LogP contribution is -2.49. The van der Waals surface area contributed by atoms with E-state index in [-0.39, 0.29) is 0 Å². The van der Waals surface area contributed by atoms with E-state index in [0.717, 1.165) is 37.2 Å². The maximum atomic E-state index is 11.4. The van der Waals surface area contributed by atoms with Gasteiger partial charge in [-0.1, -0.05) is 36.4 Å². The van der Waals surface area contributed by atoms with Crippen molar-refractivity contribution in [3.05, 3.63) is 65.2 Å².